The molecule has 4 heteroatoms. The Labute approximate surface area is 107 Å². The van der Waals surface area contributed by atoms with Gasteiger partial charge in [0.05, 0.1) is 18.8 Å². The summed E-state index contributed by atoms with van der Waals surface area (Å²) in [4.78, 5) is 2.11. The Balaban J connectivity index is 2.40. The van der Waals surface area contributed by atoms with Crippen LogP contribution in [0.3, 0.4) is 0 Å². The lowest BCUT2D eigenvalue weighted by atomic mass is 10.0. The minimum atomic E-state index is -0.813. The van der Waals surface area contributed by atoms with Gasteiger partial charge in [-0.1, -0.05) is 6.07 Å². The van der Waals surface area contributed by atoms with Crippen LogP contribution in [0.4, 0.5) is 10.1 Å². The number of morpholine rings is 1. The summed E-state index contributed by atoms with van der Waals surface area (Å²) in [6.45, 7) is 6.97. The van der Waals surface area contributed by atoms with E-state index in [1.165, 1.54) is 6.07 Å². The summed E-state index contributed by atoms with van der Waals surface area (Å²) in [5.41, 5.74) is 1.14. The van der Waals surface area contributed by atoms with Crippen molar-refractivity contribution in [1.29, 1.82) is 0 Å². The first kappa shape index (κ1) is 13.3. The van der Waals surface area contributed by atoms with Crippen molar-refractivity contribution in [3.8, 4) is 0 Å². The maximum absolute atomic E-state index is 13.9. The van der Waals surface area contributed by atoms with Crippen LogP contribution in [0, 0.1) is 5.82 Å². The highest BCUT2D eigenvalue weighted by Gasteiger charge is 2.27. The van der Waals surface area contributed by atoms with Gasteiger partial charge in [-0.25, -0.2) is 4.39 Å². The van der Waals surface area contributed by atoms with E-state index in [2.05, 4.69) is 4.90 Å². The Kier molecular flexibility index (Phi) is 3.88. The largest absolute Gasteiger partial charge is 0.389 e. The van der Waals surface area contributed by atoms with Crippen LogP contribution >= 0.6 is 0 Å². The molecular formula is C14H20FNO2. The van der Waals surface area contributed by atoms with Gasteiger partial charge in [0.15, 0.2) is 0 Å². The van der Waals surface area contributed by atoms with Crippen molar-refractivity contribution < 1.29 is 14.2 Å². The smallest absolute Gasteiger partial charge is 0.131 e. The summed E-state index contributed by atoms with van der Waals surface area (Å²) in [5, 5.41) is 9.77. The van der Waals surface area contributed by atoms with Crippen LogP contribution in [0.15, 0.2) is 18.2 Å². The highest BCUT2D eigenvalue weighted by molar-refractivity contribution is 5.56. The molecule has 0 amide bonds. The minimum absolute atomic E-state index is 0.117. The molecule has 0 radical (unpaired) electrons. The molecule has 1 aliphatic heterocycles. The number of nitrogens with zero attached hydrogens (tertiary/aromatic N) is 1. The quantitative estimate of drug-likeness (QED) is 0.879. The summed E-state index contributed by atoms with van der Waals surface area (Å²) in [6, 6.07) is 5.11. The second-order valence-electron chi connectivity index (χ2n) is 4.99. The monoisotopic (exact) mass is 253 g/mol. The fraction of sp³-hybridized carbons (Fsp3) is 0.571. The minimum Gasteiger partial charge on any atom is -0.389 e. The maximum Gasteiger partial charge on any atom is 0.131 e. The van der Waals surface area contributed by atoms with Gasteiger partial charge in [0.2, 0.25) is 0 Å². The van der Waals surface area contributed by atoms with Crippen LogP contribution in [0.2, 0.25) is 0 Å². The third kappa shape index (κ3) is 2.49. The number of aliphatic hydroxyl groups is 1. The second kappa shape index (κ2) is 5.24. The predicted molar refractivity (Wildman–Crippen MR) is 69.3 cm³/mol. The van der Waals surface area contributed by atoms with E-state index >= 15 is 0 Å². The molecule has 1 fully saturated rings. The lowest BCUT2D eigenvalue weighted by Gasteiger charge is -2.39. The molecule has 0 bridgehead atoms. The summed E-state index contributed by atoms with van der Waals surface area (Å²) in [5.74, 6) is -0.353. The molecular weight excluding hydrogens is 233 g/mol. The van der Waals surface area contributed by atoms with Crippen molar-refractivity contribution in [2.75, 3.05) is 18.1 Å². The van der Waals surface area contributed by atoms with Crippen molar-refractivity contribution in [2.24, 2.45) is 0 Å². The maximum atomic E-state index is 13.9. The van der Waals surface area contributed by atoms with Crippen molar-refractivity contribution in [3.05, 3.63) is 29.6 Å². The van der Waals surface area contributed by atoms with Gasteiger partial charge in [0.1, 0.15) is 5.82 Å². The zero-order valence-electron chi connectivity index (χ0n) is 11.1. The third-order valence-corrected chi connectivity index (χ3v) is 3.36. The Morgan fingerprint density at radius 3 is 2.83 bits per heavy atom. The Morgan fingerprint density at radius 2 is 2.17 bits per heavy atom. The second-order valence-corrected chi connectivity index (χ2v) is 4.99. The lowest BCUT2D eigenvalue weighted by Crippen LogP contribution is -2.48. The number of aliphatic hydroxyl groups excluding tert-OH is 1. The third-order valence-electron chi connectivity index (χ3n) is 3.36. The van der Waals surface area contributed by atoms with Crippen LogP contribution in [0.5, 0.6) is 0 Å². The van der Waals surface area contributed by atoms with Gasteiger partial charge in [-0.15, -0.1) is 0 Å². The van der Waals surface area contributed by atoms with Crippen LogP contribution in [0.25, 0.3) is 0 Å². The van der Waals surface area contributed by atoms with E-state index in [0.717, 1.165) is 5.69 Å². The summed E-state index contributed by atoms with van der Waals surface area (Å²) >= 11 is 0. The van der Waals surface area contributed by atoms with Crippen molar-refractivity contribution >= 4 is 5.69 Å². The first-order valence-corrected chi connectivity index (χ1v) is 6.35. The number of ether oxygens (including phenoxy) is 1. The molecule has 0 aromatic heterocycles. The lowest BCUT2D eigenvalue weighted by molar-refractivity contribution is 0.0340. The molecule has 3 nitrogen and oxygen atoms in total. The molecule has 0 saturated carbocycles. The van der Waals surface area contributed by atoms with Crippen LogP contribution in [-0.2, 0) is 4.74 Å². The molecule has 1 heterocycles. The highest BCUT2D eigenvalue weighted by atomic mass is 19.1. The molecule has 3 unspecified atom stereocenters. The molecule has 3 atom stereocenters. The number of halogens is 1. The van der Waals surface area contributed by atoms with E-state index in [1.807, 2.05) is 19.9 Å². The Hall–Kier alpha value is -1.13. The molecule has 1 saturated heterocycles. The van der Waals surface area contributed by atoms with Gasteiger partial charge in [0, 0.05) is 23.8 Å². The van der Waals surface area contributed by atoms with E-state index in [0.29, 0.717) is 18.7 Å². The standard InChI is InChI=1S/C14H20FNO2/c1-9-8-18-10(2)7-16(9)13-6-4-5-12(15)14(13)11(3)17/h4-6,9-11,17H,7-8H2,1-3H3. The zero-order chi connectivity index (χ0) is 13.3. The molecule has 2 rings (SSSR count). The van der Waals surface area contributed by atoms with Gasteiger partial charge in [-0.2, -0.15) is 0 Å². The topological polar surface area (TPSA) is 32.7 Å². The first-order valence-electron chi connectivity index (χ1n) is 6.35. The molecule has 0 aliphatic carbocycles. The van der Waals surface area contributed by atoms with Gasteiger partial charge in [0.25, 0.3) is 0 Å². The molecule has 1 N–H and O–H groups in total. The van der Waals surface area contributed by atoms with E-state index in [9.17, 15) is 9.50 Å². The van der Waals surface area contributed by atoms with Crippen molar-refractivity contribution in [3.63, 3.8) is 0 Å². The number of hydrogen-bond donors (Lipinski definition) is 1. The van der Waals surface area contributed by atoms with E-state index in [-0.39, 0.29) is 18.0 Å². The van der Waals surface area contributed by atoms with Crippen LogP contribution in [-0.4, -0.2) is 30.4 Å². The number of benzene rings is 1. The van der Waals surface area contributed by atoms with Gasteiger partial charge < -0.3 is 14.7 Å². The van der Waals surface area contributed by atoms with Crippen LogP contribution < -0.4 is 4.90 Å². The first-order chi connectivity index (χ1) is 8.50. The van der Waals surface area contributed by atoms with E-state index < -0.39 is 6.10 Å². The Morgan fingerprint density at radius 1 is 1.44 bits per heavy atom. The highest BCUT2D eigenvalue weighted by Crippen LogP contribution is 2.31. The molecule has 1 aromatic carbocycles. The summed E-state index contributed by atoms with van der Waals surface area (Å²) in [7, 11) is 0. The average Bonchev–Trinajstić information content (AvgIpc) is 2.31. The summed E-state index contributed by atoms with van der Waals surface area (Å²) < 4.78 is 19.4. The van der Waals surface area contributed by atoms with Gasteiger partial charge in [-0.3, -0.25) is 0 Å². The number of rotatable bonds is 2. The molecule has 100 valence electrons. The van der Waals surface area contributed by atoms with E-state index in [1.54, 1.807) is 13.0 Å². The Bertz CT molecular complexity index is 422. The van der Waals surface area contributed by atoms with Crippen molar-refractivity contribution in [1.82, 2.24) is 0 Å². The molecule has 18 heavy (non-hydrogen) atoms. The van der Waals surface area contributed by atoms with Gasteiger partial charge >= 0.3 is 0 Å². The average molecular weight is 253 g/mol. The SMILES string of the molecule is CC1CN(c2cccc(F)c2C(C)O)C(C)CO1. The number of anilines is 1. The van der Waals surface area contributed by atoms with E-state index in [4.69, 9.17) is 4.74 Å². The fourth-order valence-corrected chi connectivity index (χ4v) is 2.43. The molecule has 0 spiro atoms. The fourth-order valence-electron chi connectivity index (χ4n) is 2.43. The summed E-state index contributed by atoms with van der Waals surface area (Å²) in [6.07, 6.45) is -0.696. The van der Waals surface area contributed by atoms with Crippen LogP contribution in [0.1, 0.15) is 32.4 Å². The normalized spacial score (nSPS) is 26.2. The van der Waals surface area contributed by atoms with Gasteiger partial charge in [-0.05, 0) is 32.9 Å². The molecule has 1 aliphatic rings. The van der Waals surface area contributed by atoms with Crippen molar-refractivity contribution in [2.45, 2.75) is 39.0 Å². The molecule has 1 aromatic rings. The predicted octanol–water partition coefficient (Wildman–Crippen LogP) is 2.49. The number of hydrogen-bond acceptors (Lipinski definition) is 3. The zero-order valence-corrected chi connectivity index (χ0v) is 11.1.